The van der Waals surface area contributed by atoms with Crippen molar-refractivity contribution in [3.8, 4) is 0 Å². The van der Waals surface area contributed by atoms with Crippen LogP contribution in [0.15, 0.2) is 22.9 Å². The number of pyridine rings is 1. The van der Waals surface area contributed by atoms with Crippen LogP contribution in [0.2, 0.25) is 0 Å². The van der Waals surface area contributed by atoms with E-state index in [1.54, 1.807) is 12.4 Å². The van der Waals surface area contributed by atoms with E-state index in [0.717, 1.165) is 29.4 Å². The fourth-order valence-corrected chi connectivity index (χ4v) is 2.87. The number of hydrogen-bond acceptors (Lipinski definition) is 2. The van der Waals surface area contributed by atoms with E-state index in [-0.39, 0.29) is 11.3 Å². The predicted molar refractivity (Wildman–Crippen MR) is 71.8 cm³/mol. The standard InChI is InChI=1S/C13H17BrN2O/c1-2-13(6-3-4-7-13)12(17)16-11-5-8-15-9-10(11)14/h5,8-9H,2-4,6-7H2,1H3,(H,15,16,17). The van der Waals surface area contributed by atoms with Crippen LogP contribution in [0.4, 0.5) is 5.69 Å². The summed E-state index contributed by atoms with van der Waals surface area (Å²) in [5.74, 6) is 0.157. The SMILES string of the molecule is CCC1(C(=O)Nc2ccncc2Br)CCCC1. The largest absolute Gasteiger partial charge is 0.324 e. The number of anilines is 1. The van der Waals surface area contributed by atoms with Crippen molar-refractivity contribution in [1.29, 1.82) is 0 Å². The van der Waals surface area contributed by atoms with Gasteiger partial charge < -0.3 is 5.32 Å². The molecule has 0 unspecified atom stereocenters. The van der Waals surface area contributed by atoms with E-state index in [9.17, 15) is 4.79 Å². The molecular weight excluding hydrogens is 280 g/mol. The van der Waals surface area contributed by atoms with Crippen molar-refractivity contribution in [3.05, 3.63) is 22.9 Å². The maximum Gasteiger partial charge on any atom is 0.230 e. The number of aromatic nitrogens is 1. The summed E-state index contributed by atoms with van der Waals surface area (Å²) in [6, 6.07) is 1.82. The van der Waals surface area contributed by atoms with Crippen LogP contribution in [0, 0.1) is 5.41 Å². The Balaban J connectivity index is 2.14. The second-order valence-corrected chi connectivity index (χ2v) is 5.50. The van der Waals surface area contributed by atoms with Crippen LogP contribution in [-0.4, -0.2) is 10.9 Å². The molecule has 1 heterocycles. The van der Waals surface area contributed by atoms with Gasteiger partial charge in [0.2, 0.25) is 5.91 Å². The second kappa shape index (κ2) is 5.17. The number of amides is 1. The third-order valence-electron chi connectivity index (χ3n) is 3.74. The van der Waals surface area contributed by atoms with E-state index in [0.29, 0.717) is 0 Å². The maximum atomic E-state index is 12.4. The Hall–Kier alpha value is -0.900. The lowest BCUT2D eigenvalue weighted by molar-refractivity contribution is -0.125. The van der Waals surface area contributed by atoms with E-state index in [1.807, 2.05) is 6.07 Å². The van der Waals surface area contributed by atoms with Gasteiger partial charge in [-0.15, -0.1) is 0 Å². The minimum atomic E-state index is -0.150. The Kier molecular flexibility index (Phi) is 3.82. The molecule has 1 saturated carbocycles. The van der Waals surface area contributed by atoms with Gasteiger partial charge >= 0.3 is 0 Å². The highest BCUT2D eigenvalue weighted by atomic mass is 79.9. The molecule has 1 aliphatic carbocycles. The summed E-state index contributed by atoms with van der Waals surface area (Å²) >= 11 is 3.40. The summed E-state index contributed by atoms with van der Waals surface area (Å²) in [6.45, 7) is 2.10. The molecule has 0 spiro atoms. The van der Waals surface area contributed by atoms with Crippen LogP contribution in [-0.2, 0) is 4.79 Å². The van der Waals surface area contributed by atoms with Crippen molar-refractivity contribution in [2.45, 2.75) is 39.0 Å². The lowest BCUT2D eigenvalue weighted by Crippen LogP contribution is -2.33. The number of carbonyl (C=O) groups excluding carboxylic acids is 1. The molecule has 2 rings (SSSR count). The highest BCUT2D eigenvalue weighted by molar-refractivity contribution is 9.10. The first-order valence-corrected chi connectivity index (χ1v) is 6.88. The average Bonchev–Trinajstić information content (AvgIpc) is 2.82. The van der Waals surface area contributed by atoms with E-state index in [4.69, 9.17) is 0 Å². The third kappa shape index (κ3) is 2.51. The van der Waals surface area contributed by atoms with Gasteiger partial charge in [-0.25, -0.2) is 0 Å². The van der Waals surface area contributed by atoms with Gasteiger partial charge in [0.25, 0.3) is 0 Å². The Bertz CT molecular complexity index is 414. The average molecular weight is 297 g/mol. The van der Waals surface area contributed by atoms with Crippen molar-refractivity contribution in [1.82, 2.24) is 4.98 Å². The van der Waals surface area contributed by atoms with Crippen molar-refractivity contribution >= 4 is 27.5 Å². The number of rotatable bonds is 3. The van der Waals surface area contributed by atoms with Crippen LogP contribution in [0.5, 0.6) is 0 Å². The monoisotopic (exact) mass is 296 g/mol. The first kappa shape index (κ1) is 12.6. The van der Waals surface area contributed by atoms with Crippen LogP contribution in [0.3, 0.4) is 0 Å². The Labute approximate surface area is 110 Å². The molecule has 0 aliphatic heterocycles. The molecule has 1 aromatic rings. The number of carbonyl (C=O) groups is 1. The van der Waals surface area contributed by atoms with Gasteiger partial charge in [-0.05, 0) is 41.3 Å². The summed E-state index contributed by atoms with van der Waals surface area (Å²) < 4.78 is 0.831. The topological polar surface area (TPSA) is 42.0 Å². The normalized spacial score (nSPS) is 18.0. The van der Waals surface area contributed by atoms with Crippen molar-refractivity contribution in [3.63, 3.8) is 0 Å². The first-order valence-electron chi connectivity index (χ1n) is 6.09. The van der Waals surface area contributed by atoms with E-state index >= 15 is 0 Å². The van der Waals surface area contributed by atoms with E-state index in [2.05, 4.69) is 33.2 Å². The summed E-state index contributed by atoms with van der Waals surface area (Å²) in [7, 11) is 0. The minimum Gasteiger partial charge on any atom is -0.324 e. The quantitative estimate of drug-likeness (QED) is 0.923. The summed E-state index contributed by atoms with van der Waals surface area (Å²) in [5.41, 5.74) is 0.660. The molecule has 0 atom stereocenters. The molecule has 1 aliphatic rings. The van der Waals surface area contributed by atoms with Crippen molar-refractivity contribution in [2.75, 3.05) is 5.32 Å². The molecule has 1 N–H and O–H groups in total. The molecule has 92 valence electrons. The second-order valence-electron chi connectivity index (χ2n) is 4.65. The molecule has 17 heavy (non-hydrogen) atoms. The number of halogens is 1. The predicted octanol–water partition coefficient (Wildman–Crippen LogP) is 3.75. The molecule has 1 aromatic heterocycles. The maximum absolute atomic E-state index is 12.4. The van der Waals surface area contributed by atoms with Crippen LogP contribution >= 0.6 is 15.9 Å². The summed E-state index contributed by atoms with van der Waals surface area (Å²) in [6.07, 6.45) is 8.66. The third-order valence-corrected chi connectivity index (χ3v) is 4.37. The Morgan fingerprint density at radius 1 is 1.53 bits per heavy atom. The highest BCUT2D eigenvalue weighted by Crippen LogP contribution is 2.42. The molecule has 0 radical (unpaired) electrons. The van der Waals surface area contributed by atoms with Gasteiger partial charge in [-0.3, -0.25) is 9.78 Å². The van der Waals surface area contributed by atoms with Gasteiger partial charge in [0.15, 0.2) is 0 Å². The molecule has 3 nitrogen and oxygen atoms in total. The Morgan fingerprint density at radius 3 is 2.82 bits per heavy atom. The number of hydrogen-bond donors (Lipinski definition) is 1. The fraction of sp³-hybridized carbons (Fsp3) is 0.538. The molecular formula is C13H17BrN2O. The van der Waals surface area contributed by atoms with Crippen LogP contribution < -0.4 is 5.32 Å². The Morgan fingerprint density at radius 2 is 2.24 bits per heavy atom. The zero-order chi connectivity index (χ0) is 12.3. The molecule has 1 amide bonds. The lowest BCUT2D eigenvalue weighted by Gasteiger charge is -2.26. The zero-order valence-corrected chi connectivity index (χ0v) is 11.6. The highest BCUT2D eigenvalue weighted by Gasteiger charge is 2.39. The zero-order valence-electron chi connectivity index (χ0n) is 10.0. The van der Waals surface area contributed by atoms with E-state index in [1.165, 1.54) is 12.8 Å². The van der Waals surface area contributed by atoms with Gasteiger partial charge in [-0.1, -0.05) is 19.8 Å². The number of nitrogens with one attached hydrogen (secondary N) is 1. The van der Waals surface area contributed by atoms with Crippen LogP contribution in [0.1, 0.15) is 39.0 Å². The molecule has 0 saturated heterocycles. The van der Waals surface area contributed by atoms with Gasteiger partial charge in [0.05, 0.1) is 10.2 Å². The lowest BCUT2D eigenvalue weighted by atomic mass is 9.82. The summed E-state index contributed by atoms with van der Waals surface area (Å²) in [4.78, 5) is 16.4. The first-order chi connectivity index (χ1) is 8.18. The smallest absolute Gasteiger partial charge is 0.230 e. The van der Waals surface area contributed by atoms with Crippen LogP contribution in [0.25, 0.3) is 0 Å². The molecule has 4 heteroatoms. The molecule has 0 aromatic carbocycles. The van der Waals surface area contributed by atoms with Gasteiger partial charge in [-0.2, -0.15) is 0 Å². The number of nitrogens with zero attached hydrogens (tertiary/aromatic N) is 1. The fourth-order valence-electron chi connectivity index (χ4n) is 2.52. The van der Waals surface area contributed by atoms with Crippen molar-refractivity contribution < 1.29 is 4.79 Å². The summed E-state index contributed by atoms with van der Waals surface area (Å²) in [5, 5.41) is 3.02. The van der Waals surface area contributed by atoms with Crippen molar-refractivity contribution in [2.24, 2.45) is 5.41 Å². The van der Waals surface area contributed by atoms with Gasteiger partial charge in [0.1, 0.15) is 0 Å². The van der Waals surface area contributed by atoms with Gasteiger partial charge in [0, 0.05) is 17.8 Å². The molecule has 1 fully saturated rings. The molecule has 0 bridgehead atoms. The minimum absolute atomic E-state index is 0.150. The van der Waals surface area contributed by atoms with E-state index < -0.39 is 0 Å².